The van der Waals surface area contributed by atoms with Crippen molar-refractivity contribution in [1.82, 2.24) is 9.55 Å². The van der Waals surface area contributed by atoms with Crippen molar-refractivity contribution in [2.45, 2.75) is 18.8 Å². The first-order valence-electron chi connectivity index (χ1n) is 8.68. The Morgan fingerprint density at radius 3 is 2.76 bits per heavy atom. The van der Waals surface area contributed by atoms with Crippen LogP contribution >= 0.6 is 15.9 Å². The lowest BCUT2D eigenvalue weighted by Crippen LogP contribution is -2.34. The fraction of sp³-hybridized carbons (Fsp3) is 0.444. The van der Waals surface area contributed by atoms with Gasteiger partial charge in [0.2, 0.25) is 5.88 Å². The van der Waals surface area contributed by atoms with E-state index < -0.39 is 18.5 Å². The average molecular weight is 479 g/mol. The standard InChI is InChI=1S/C18H18BrF3N2O5/c19-15-2-1-13(29-11-18(20,21)22)7-12(15)8-24-4-3-16(23-17(24)25)28-10-14-9-26-5-6-27-14/h1-4,7,14H,5-6,8-11H2/t14-/m0/s1. The first kappa shape index (κ1) is 21.6. The number of halogens is 4. The van der Waals surface area contributed by atoms with Crippen LogP contribution in [0.15, 0.2) is 39.7 Å². The van der Waals surface area contributed by atoms with Crippen LogP contribution < -0.4 is 15.2 Å². The molecule has 1 aromatic heterocycles. The van der Waals surface area contributed by atoms with E-state index in [-0.39, 0.29) is 30.9 Å². The molecule has 1 fully saturated rings. The highest BCUT2D eigenvalue weighted by molar-refractivity contribution is 9.10. The summed E-state index contributed by atoms with van der Waals surface area (Å²) in [6.07, 6.45) is -3.15. The number of hydrogen-bond acceptors (Lipinski definition) is 6. The van der Waals surface area contributed by atoms with E-state index in [1.165, 1.54) is 29.0 Å². The zero-order valence-corrected chi connectivity index (χ0v) is 16.7. The number of nitrogens with zero attached hydrogens (tertiary/aromatic N) is 2. The van der Waals surface area contributed by atoms with Crippen LogP contribution in [0, 0.1) is 0 Å². The lowest BCUT2D eigenvalue weighted by atomic mass is 10.2. The third kappa shape index (κ3) is 6.72. The van der Waals surface area contributed by atoms with Crippen molar-refractivity contribution in [2.24, 2.45) is 0 Å². The van der Waals surface area contributed by atoms with Crippen LogP contribution in [0.1, 0.15) is 5.56 Å². The summed E-state index contributed by atoms with van der Waals surface area (Å²) in [4.78, 5) is 16.1. The summed E-state index contributed by atoms with van der Waals surface area (Å²) in [6.45, 7) is 0.359. The minimum atomic E-state index is -4.43. The molecule has 0 N–H and O–H groups in total. The van der Waals surface area contributed by atoms with Crippen molar-refractivity contribution >= 4 is 15.9 Å². The Balaban J connectivity index is 1.64. The van der Waals surface area contributed by atoms with Gasteiger partial charge in [-0.15, -0.1) is 0 Å². The summed E-state index contributed by atoms with van der Waals surface area (Å²) in [7, 11) is 0. The second-order valence-corrected chi connectivity index (χ2v) is 7.07. The minimum Gasteiger partial charge on any atom is -0.484 e. The molecule has 0 spiro atoms. The van der Waals surface area contributed by atoms with Crippen LogP contribution in [-0.4, -0.2) is 54.9 Å². The van der Waals surface area contributed by atoms with Crippen LogP contribution in [-0.2, 0) is 16.0 Å². The Hall–Kier alpha value is -2.11. The number of alkyl halides is 3. The molecule has 7 nitrogen and oxygen atoms in total. The van der Waals surface area contributed by atoms with E-state index in [4.69, 9.17) is 18.9 Å². The van der Waals surface area contributed by atoms with Gasteiger partial charge in [0.25, 0.3) is 0 Å². The lowest BCUT2D eigenvalue weighted by molar-refractivity contribution is -0.153. The number of aromatic nitrogens is 2. The van der Waals surface area contributed by atoms with E-state index in [0.29, 0.717) is 29.9 Å². The van der Waals surface area contributed by atoms with E-state index in [2.05, 4.69) is 20.9 Å². The average Bonchev–Trinajstić information content (AvgIpc) is 2.69. The van der Waals surface area contributed by atoms with Crippen molar-refractivity contribution in [3.63, 3.8) is 0 Å². The third-order valence-corrected chi connectivity index (χ3v) is 4.68. The summed E-state index contributed by atoms with van der Waals surface area (Å²) in [5.41, 5.74) is 0.00632. The molecular formula is C18H18BrF3N2O5. The fourth-order valence-electron chi connectivity index (χ4n) is 2.54. The van der Waals surface area contributed by atoms with Gasteiger partial charge in [-0.3, -0.25) is 4.57 Å². The van der Waals surface area contributed by atoms with Crippen LogP contribution in [0.2, 0.25) is 0 Å². The first-order valence-corrected chi connectivity index (χ1v) is 9.47. The van der Waals surface area contributed by atoms with Crippen LogP contribution in [0.4, 0.5) is 13.2 Å². The topological polar surface area (TPSA) is 71.8 Å². The Morgan fingerprint density at radius 2 is 2.07 bits per heavy atom. The molecule has 29 heavy (non-hydrogen) atoms. The zero-order chi connectivity index (χ0) is 20.9. The molecule has 1 atom stereocenters. The molecule has 0 radical (unpaired) electrons. The largest absolute Gasteiger partial charge is 0.484 e. The smallest absolute Gasteiger partial charge is 0.422 e. The number of rotatable bonds is 7. The lowest BCUT2D eigenvalue weighted by Gasteiger charge is -2.22. The molecular weight excluding hydrogens is 461 g/mol. The molecule has 2 aromatic rings. The van der Waals surface area contributed by atoms with Gasteiger partial charge >= 0.3 is 11.9 Å². The highest BCUT2D eigenvalue weighted by Gasteiger charge is 2.28. The molecule has 11 heteroatoms. The van der Waals surface area contributed by atoms with E-state index in [1.54, 1.807) is 6.07 Å². The maximum absolute atomic E-state index is 12.3. The third-order valence-electron chi connectivity index (χ3n) is 3.91. The Morgan fingerprint density at radius 1 is 1.24 bits per heavy atom. The summed E-state index contributed by atoms with van der Waals surface area (Å²) in [5, 5.41) is 0. The molecule has 1 aliphatic heterocycles. The van der Waals surface area contributed by atoms with Gasteiger partial charge < -0.3 is 18.9 Å². The van der Waals surface area contributed by atoms with E-state index >= 15 is 0 Å². The van der Waals surface area contributed by atoms with Crippen molar-refractivity contribution in [3.05, 3.63) is 51.0 Å². The number of benzene rings is 1. The van der Waals surface area contributed by atoms with Gasteiger partial charge in [0, 0.05) is 16.7 Å². The summed E-state index contributed by atoms with van der Waals surface area (Å²) in [5.74, 6) is 0.206. The quantitative estimate of drug-likeness (QED) is 0.609. The zero-order valence-electron chi connectivity index (χ0n) is 15.2. The molecule has 0 saturated carbocycles. The monoisotopic (exact) mass is 478 g/mol. The second-order valence-electron chi connectivity index (χ2n) is 6.21. The van der Waals surface area contributed by atoms with Gasteiger partial charge in [-0.1, -0.05) is 15.9 Å². The van der Waals surface area contributed by atoms with Gasteiger partial charge in [-0.05, 0) is 23.8 Å². The van der Waals surface area contributed by atoms with E-state index in [9.17, 15) is 18.0 Å². The molecule has 0 amide bonds. The van der Waals surface area contributed by atoms with Gasteiger partial charge in [0.1, 0.15) is 18.5 Å². The predicted octanol–water partition coefficient (Wildman–Crippen LogP) is 2.79. The maximum Gasteiger partial charge on any atom is 0.422 e. The molecule has 0 unspecified atom stereocenters. The van der Waals surface area contributed by atoms with E-state index in [0.717, 1.165) is 0 Å². The molecule has 1 aromatic carbocycles. The molecule has 0 bridgehead atoms. The summed E-state index contributed by atoms with van der Waals surface area (Å²) >= 11 is 3.32. The van der Waals surface area contributed by atoms with Crippen molar-refractivity contribution in [3.8, 4) is 11.6 Å². The highest BCUT2D eigenvalue weighted by Crippen LogP contribution is 2.25. The molecule has 158 valence electrons. The van der Waals surface area contributed by atoms with Gasteiger partial charge in [-0.25, -0.2) is 4.79 Å². The Kier molecular flexibility index (Phi) is 7.14. The summed E-state index contributed by atoms with van der Waals surface area (Å²) < 4.78 is 59.8. The van der Waals surface area contributed by atoms with Crippen molar-refractivity contribution < 1.29 is 32.1 Å². The molecule has 1 aliphatic rings. The van der Waals surface area contributed by atoms with Gasteiger partial charge in [0.05, 0.1) is 26.4 Å². The fourth-order valence-corrected chi connectivity index (χ4v) is 2.91. The Labute approximate surface area is 172 Å². The summed E-state index contributed by atoms with van der Waals surface area (Å²) in [6, 6.07) is 5.94. The SMILES string of the molecule is O=c1nc(OC[C@@H]2COCCO2)ccn1Cc1cc(OCC(F)(F)F)ccc1Br. The maximum atomic E-state index is 12.3. The van der Waals surface area contributed by atoms with Crippen LogP contribution in [0.25, 0.3) is 0 Å². The molecule has 0 aliphatic carbocycles. The predicted molar refractivity (Wildman–Crippen MR) is 99.3 cm³/mol. The van der Waals surface area contributed by atoms with Crippen LogP contribution in [0.3, 0.4) is 0 Å². The first-order chi connectivity index (χ1) is 13.8. The van der Waals surface area contributed by atoms with Crippen LogP contribution in [0.5, 0.6) is 11.6 Å². The van der Waals surface area contributed by atoms with Crippen molar-refractivity contribution in [2.75, 3.05) is 33.0 Å². The normalized spacial score (nSPS) is 17.2. The molecule has 2 heterocycles. The Bertz CT molecular complexity index is 885. The molecule has 3 rings (SSSR count). The number of hydrogen-bond donors (Lipinski definition) is 0. The minimum absolute atomic E-state index is 0.0520. The second kappa shape index (κ2) is 9.59. The van der Waals surface area contributed by atoms with Gasteiger partial charge in [0.15, 0.2) is 6.61 Å². The molecule has 1 saturated heterocycles. The van der Waals surface area contributed by atoms with Gasteiger partial charge in [-0.2, -0.15) is 18.2 Å². The van der Waals surface area contributed by atoms with E-state index in [1.807, 2.05) is 0 Å². The highest BCUT2D eigenvalue weighted by atomic mass is 79.9. The van der Waals surface area contributed by atoms with Crippen molar-refractivity contribution in [1.29, 1.82) is 0 Å². The number of ether oxygens (including phenoxy) is 4.